The van der Waals surface area contributed by atoms with Crippen molar-refractivity contribution in [2.24, 2.45) is 0 Å². The minimum Gasteiger partial charge on any atom is -0.497 e. The van der Waals surface area contributed by atoms with Gasteiger partial charge in [0, 0.05) is 62.2 Å². The molecular formula is C35H41FN6O5. The zero-order chi connectivity index (χ0) is 33.3. The number of anilines is 3. The first-order valence-electron chi connectivity index (χ1n) is 15.5. The second-order valence-corrected chi connectivity index (χ2v) is 11.4. The summed E-state index contributed by atoms with van der Waals surface area (Å²) in [6.07, 6.45) is 0.0108. The average Bonchev–Trinajstić information content (AvgIpc) is 3.05. The van der Waals surface area contributed by atoms with Crippen molar-refractivity contribution in [2.45, 2.75) is 20.3 Å². The van der Waals surface area contributed by atoms with E-state index in [4.69, 9.17) is 18.9 Å². The van der Waals surface area contributed by atoms with Crippen LogP contribution in [0.2, 0.25) is 0 Å². The number of carbonyl (C=O) groups excluding carboxylic acids is 1. The summed E-state index contributed by atoms with van der Waals surface area (Å²) in [6, 6.07) is 17.0. The van der Waals surface area contributed by atoms with E-state index in [1.165, 1.54) is 20.3 Å². The number of aryl methyl sites for hydroxylation is 1. The lowest BCUT2D eigenvalue weighted by molar-refractivity contribution is 0.145. The highest BCUT2D eigenvalue weighted by molar-refractivity contribution is 5.88. The zero-order valence-corrected chi connectivity index (χ0v) is 27.4. The van der Waals surface area contributed by atoms with Crippen molar-refractivity contribution in [1.82, 2.24) is 19.8 Å². The van der Waals surface area contributed by atoms with E-state index in [1.54, 1.807) is 36.4 Å². The molecule has 11 nitrogen and oxygen atoms in total. The Morgan fingerprint density at radius 3 is 2.47 bits per heavy atom. The molecule has 3 aromatic carbocycles. The first-order valence-corrected chi connectivity index (χ1v) is 15.5. The highest BCUT2D eigenvalue weighted by Crippen LogP contribution is 2.31. The van der Waals surface area contributed by atoms with Gasteiger partial charge >= 0.3 is 6.09 Å². The smallest absolute Gasteiger partial charge is 0.418 e. The molecule has 0 spiro atoms. The van der Waals surface area contributed by atoms with Gasteiger partial charge in [-0.1, -0.05) is 18.2 Å². The van der Waals surface area contributed by atoms with Crippen molar-refractivity contribution in [3.05, 3.63) is 77.6 Å². The molecule has 1 saturated heterocycles. The quantitative estimate of drug-likeness (QED) is 0.171. The Morgan fingerprint density at radius 2 is 1.72 bits per heavy atom. The summed E-state index contributed by atoms with van der Waals surface area (Å²) in [5, 5.41) is 5.72. The maximum atomic E-state index is 15.1. The molecular weight excluding hydrogens is 603 g/mol. The van der Waals surface area contributed by atoms with Gasteiger partial charge in [0.2, 0.25) is 11.8 Å². The van der Waals surface area contributed by atoms with E-state index in [9.17, 15) is 4.79 Å². The van der Waals surface area contributed by atoms with Crippen LogP contribution in [0.1, 0.15) is 17.5 Å². The van der Waals surface area contributed by atoms with Gasteiger partial charge in [-0.2, -0.15) is 4.98 Å². The van der Waals surface area contributed by atoms with E-state index in [2.05, 4.69) is 37.4 Å². The van der Waals surface area contributed by atoms with Crippen LogP contribution in [-0.4, -0.2) is 86.5 Å². The third-order valence-electron chi connectivity index (χ3n) is 8.08. The van der Waals surface area contributed by atoms with E-state index >= 15 is 4.39 Å². The molecule has 1 amide bonds. The Morgan fingerprint density at radius 1 is 0.936 bits per heavy atom. The molecule has 12 heteroatoms. The number of aromatic nitrogens is 2. The minimum absolute atomic E-state index is 0.0152. The number of amides is 1. The highest BCUT2D eigenvalue weighted by atomic mass is 19.1. The third kappa shape index (κ3) is 8.87. The van der Waals surface area contributed by atoms with Gasteiger partial charge in [-0.05, 0) is 62.7 Å². The molecule has 248 valence electrons. The number of halogens is 1. The van der Waals surface area contributed by atoms with E-state index in [0.29, 0.717) is 35.2 Å². The van der Waals surface area contributed by atoms with E-state index < -0.39 is 11.9 Å². The first-order chi connectivity index (χ1) is 22.7. The summed E-state index contributed by atoms with van der Waals surface area (Å²) < 4.78 is 37.0. The fourth-order valence-electron chi connectivity index (χ4n) is 5.21. The number of hydrogen-bond acceptors (Lipinski definition) is 10. The minimum atomic E-state index is -0.798. The number of piperazine rings is 1. The fraction of sp³-hybridized carbons (Fsp3) is 0.343. The summed E-state index contributed by atoms with van der Waals surface area (Å²) in [5.74, 6) is 0.717. The number of ether oxygens (including phenoxy) is 4. The van der Waals surface area contributed by atoms with Gasteiger partial charge in [0.25, 0.3) is 0 Å². The first kappa shape index (κ1) is 33.4. The second kappa shape index (κ2) is 15.6. The van der Waals surface area contributed by atoms with E-state index in [1.807, 2.05) is 32.0 Å². The number of methoxy groups -OCH3 is 2. The van der Waals surface area contributed by atoms with Gasteiger partial charge in [-0.25, -0.2) is 14.2 Å². The Bertz CT molecular complexity index is 1700. The van der Waals surface area contributed by atoms with Gasteiger partial charge < -0.3 is 34.1 Å². The van der Waals surface area contributed by atoms with Crippen LogP contribution in [0.4, 0.5) is 26.5 Å². The molecule has 47 heavy (non-hydrogen) atoms. The number of rotatable bonds is 12. The van der Waals surface area contributed by atoms with Gasteiger partial charge in [-0.3, -0.25) is 5.32 Å². The van der Waals surface area contributed by atoms with Crippen LogP contribution in [-0.2, 0) is 0 Å². The molecule has 0 radical (unpaired) electrons. The van der Waals surface area contributed by atoms with Crippen molar-refractivity contribution in [1.29, 1.82) is 0 Å². The molecule has 0 saturated carbocycles. The molecule has 0 unspecified atom stereocenters. The monoisotopic (exact) mass is 644 g/mol. The molecule has 1 fully saturated rings. The van der Waals surface area contributed by atoms with E-state index in [-0.39, 0.29) is 17.6 Å². The fourth-order valence-corrected chi connectivity index (χ4v) is 5.21. The lowest BCUT2D eigenvalue weighted by atomic mass is 10.0. The summed E-state index contributed by atoms with van der Waals surface area (Å²) in [5.41, 5.74) is 4.20. The van der Waals surface area contributed by atoms with Crippen molar-refractivity contribution >= 4 is 23.4 Å². The van der Waals surface area contributed by atoms with Crippen molar-refractivity contribution in [2.75, 3.05) is 71.2 Å². The number of benzene rings is 3. The van der Waals surface area contributed by atoms with Crippen LogP contribution in [0.5, 0.6) is 23.1 Å². The Kier molecular flexibility index (Phi) is 11.1. The molecule has 1 aromatic heterocycles. The largest absolute Gasteiger partial charge is 0.497 e. The molecule has 0 atom stereocenters. The molecule has 0 bridgehead atoms. The van der Waals surface area contributed by atoms with Crippen molar-refractivity contribution in [3.63, 3.8) is 0 Å². The number of likely N-dealkylation sites (N-methyl/N-ethyl adjacent to an activating group) is 1. The SMILES string of the molecule is COc1ccc(OC)c(NC(=O)Oc2cc(-c3cccc(C)c3C)nc(Nc3ccc(OCCCN4CCN(C)CC4)c(F)c3)n2)c1. The predicted octanol–water partition coefficient (Wildman–Crippen LogP) is 6.29. The standard InChI is InChI=1S/C35H41FN6O5/c1-23-8-6-9-27(24(23)2)29-22-33(47-35(43)39-30-21-26(44-4)11-13-32(30)45-5)40-34(38-29)37-25-10-12-31(28(36)20-25)46-19-7-14-42-17-15-41(3)16-18-42/h6,8-13,20-22H,7,14-19H2,1-5H3,(H,39,43)(H,37,38,40). The van der Waals surface area contributed by atoms with Crippen LogP contribution < -0.4 is 29.6 Å². The maximum absolute atomic E-state index is 15.1. The normalized spacial score (nSPS) is 13.6. The third-order valence-corrected chi connectivity index (χ3v) is 8.08. The predicted molar refractivity (Wildman–Crippen MR) is 180 cm³/mol. The summed E-state index contributed by atoms with van der Waals surface area (Å²) in [4.78, 5) is 26.8. The van der Waals surface area contributed by atoms with Gasteiger partial charge in [-0.15, -0.1) is 0 Å². The van der Waals surface area contributed by atoms with Gasteiger partial charge in [0.05, 0.1) is 32.2 Å². The summed E-state index contributed by atoms with van der Waals surface area (Å²) in [6.45, 7) is 9.51. The zero-order valence-electron chi connectivity index (χ0n) is 27.4. The Labute approximate surface area is 274 Å². The molecule has 5 rings (SSSR count). The molecule has 1 aliphatic heterocycles. The number of carbonyl (C=O) groups is 1. The number of nitrogens with one attached hydrogen (secondary N) is 2. The molecule has 2 N–H and O–H groups in total. The van der Waals surface area contributed by atoms with Gasteiger partial charge in [0.1, 0.15) is 11.5 Å². The lowest BCUT2D eigenvalue weighted by Crippen LogP contribution is -2.44. The van der Waals surface area contributed by atoms with Crippen LogP contribution in [0.3, 0.4) is 0 Å². The molecule has 2 heterocycles. The average molecular weight is 645 g/mol. The lowest BCUT2D eigenvalue weighted by Gasteiger charge is -2.32. The highest BCUT2D eigenvalue weighted by Gasteiger charge is 2.17. The van der Waals surface area contributed by atoms with Crippen molar-refractivity contribution in [3.8, 4) is 34.4 Å². The van der Waals surface area contributed by atoms with Gasteiger partial charge in [0.15, 0.2) is 11.6 Å². The van der Waals surface area contributed by atoms with Crippen LogP contribution in [0, 0.1) is 19.7 Å². The summed E-state index contributed by atoms with van der Waals surface area (Å²) >= 11 is 0. The Hall–Kier alpha value is -4.94. The van der Waals surface area contributed by atoms with Crippen molar-refractivity contribution < 1.29 is 28.1 Å². The molecule has 1 aliphatic rings. The number of nitrogens with zero attached hydrogens (tertiary/aromatic N) is 4. The van der Waals surface area contributed by atoms with E-state index in [0.717, 1.165) is 55.8 Å². The Balaban J connectivity index is 1.31. The van der Waals surface area contributed by atoms with Crippen LogP contribution in [0.25, 0.3) is 11.3 Å². The maximum Gasteiger partial charge on any atom is 0.418 e. The topological polar surface area (TPSA) is 110 Å². The molecule has 0 aliphatic carbocycles. The van der Waals surface area contributed by atoms with Crippen LogP contribution in [0.15, 0.2) is 60.7 Å². The second-order valence-electron chi connectivity index (χ2n) is 11.4. The summed E-state index contributed by atoms with van der Waals surface area (Å²) in [7, 11) is 5.15. The molecule has 4 aromatic rings. The van der Waals surface area contributed by atoms with Crippen LogP contribution >= 0.6 is 0 Å². The number of hydrogen-bond donors (Lipinski definition) is 2.